The Kier molecular flexibility index (Phi) is 5.69. The van der Waals surface area contributed by atoms with Gasteiger partial charge in [0.05, 0.1) is 0 Å². The van der Waals surface area contributed by atoms with Crippen LogP contribution >= 0.6 is 0 Å². The number of hydrogen-bond acceptors (Lipinski definition) is 5. The predicted molar refractivity (Wildman–Crippen MR) is 91.5 cm³/mol. The molecule has 0 aliphatic carbocycles. The second-order valence-corrected chi connectivity index (χ2v) is 5.33. The van der Waals surface area contributed by atoms with E-state index in [1.54, 1.807) is 0 Å². The van der Waals surface area contributed by atoms with Gasteiger partial charge in [-0.2, -0.15) is 0 Å². The van der Waals surface area contributed by atoms with Crippen molar-refractivity contribution in [2.24, 2.45) is 0 Å². The summed E-state index contributed by atoms with van der Waals surface area (Å²) < 4.78 is 0. The molecule has 2 aromatic heterocycles. The number of hydrogen-bond donors (Lipinski definition) is 0. The summed E-state index contributed by atoms with van der Waals surface area (Å²) in [5, 5.41) is 0. The average Bonchev–Trinajstić information content (AvgIpc) is 2.54. The fourth-order valence-corrected chi connectivity index (χ4v) is 2.40. The predicted octanol–water partition coefficient (Wildman–Crippen LogP) is 2.71. The molecule has 0 spiro atoms. The molecule has 5 heteroatoms. The van der Waals surface area contributed by atoms with Crippen molar-refractivity contribution in [3.8, 4) is 0 Å². The Morgan fingerprint density at radius 2 is 1.64 bits per heavy atom. The Labute approximate surface area is 133 Å². The van der Waals surface area contributed by atoms with Crippen LogP contribution in [0.25, 0.3) is 0 Å². The zero-order chi connectivity index (χ0) is 15.9. The number of nitrogens with zero attached hydrogens (tertiary/aromatic N) is 5. The first-order valence-electron chi connectivity index (χ1n) is 7.84. The van der Waals surface area contributed by atoms with Gasteiger partial charge in [-0.15, -0.1) is 0 Å². The Morgan fingerprint density at radius 1 is 1.00 bits per heavy atom. The van der Waals surface area contributed by atoms with Crippen LogP contribution in [-0.2, 0) is 6.42 Å². The molecule has 0 aromatic carbocycles. The minimum absolute atomic E-state index is 0.815. The lowest BCUT2D eigenvalue weighted by Crippen LogP contribution is -2.26. The Balaban J connectivity index is 2.10. The van der Waals surface area contributed by atoms with Gasteiger partial charge in [-0.3, -0.25) is 4.98 Å². The third-order valence-corrected chi connectivity index (χ3v) is 3.77. The number of aryl methyl sites for hydroxylation is 1. The van der Waals surface area contributed by atoms with Crippen molar-refractivity contribution in [3.05, 3.63) is 42.0 Å². The molecule has 0 atom stereocenters. The fourth-order valence-electron chi connectivity index (χ4n) is 2.40. The van der Waals surface area contributed by atoms with Gasteiger partial charge in [0.2, 0.25) is 0 Å². The zero-order valence-electron chi connectivity index (χ0n) is 14.0. The summed E-state index contributed by atoms with van der Waals surface area (Å²) in [5.74, 6) is 2.79. The van der Waals surface area contributed by atoms with Crippen molar-refractivity contribution in [2.75, 3.05) is 36.5 Å². The molecule has 0 fully saturated rings. The van der Waals surface area contributed by atoms with Crippen LogP contribution in [0, 0.1) is 6.92 Å². The summed E-state index contributed by atoms with van der Waals surface area (Å²) in [6, 6.07) is 6.19. The van der Waals surface area contributed by atoms with Crippen LogP contribution in [-0.4, -0.2) is 41.6 Å². The first-order valence-corrected chi connectivity index (χ1v) is 7.84. The van der Waals surface area contributed by atoms with E-state index in [-0.39, 0.29) is 0 Å². The molecule has 0 N–H and O–H groups in total. The highest BCUT2D eigenvalue weighted by atomic mass is 15.2. The summed E-state index contributed by atoms with van der Waals surface area (Å²) in [5.41, 5.74) is 1.29. The van der Waals surface area contributed by atoms with Gasteiger partial charge in [0.25, 0.3) is 0 Å². The van der Waals surface area contributed by atoms with Crippen LogP contribution in [0.5, 0.6) is 0 Å². The molecule has 22 heavy (non-hydrogen) atoms. The van der Waals surface area contributed by atoms with Gasteiger partial charge in [0.1, 0.15) is 17.5 Å². The lowest BCUT2D eigenvalue weighted by Gasteiger charge is -2.23. The van der Waals surface area contributed by atoms with Crippen molar-refractivity contribution in [1.29, 1.82) is 0 Å². The van der Waals surface area contributed by atoms with Crippen LogP contribution < -0.4 is 9.80 Å². The number of likely N-dealkylation sites (N-methyl/N-ethyl adjacent to an activating group) is 1. The Morgan fingerprint density at radius 3 is 2.27 bits per heavy atom. The van der Waals surface area contributed by atoms with Gasteiger partial charge in [-0.05, 0) is 44.9 Å². The summed E-state index contributed by atoms with van der Waals surface area (Å²) in [6.45, 7) is 9.06. The standard InChI is InChI=1S/C17H25N5/c1-5-22(6-2)17-13-16(19-14(3)20-17)21(4)12-9-15-7-10-18-11-8-15/h7-8,10-11,13H,5-6,9,12H2,1-4H3. The van der Waals surface area contributed by atoms with E-state index in [9.17, 15) is 0 Å². The normalized spacial score (nSPS) is 10.5. The largest absolute Gasteiger partial charge is 0.359 e. The van der Waals surface area contributed by atoms with Crippen molar-refractivity contribution in [2.45, 2.75) is 27.2 Å². The van der Waals surface area contributed by atoms with Gasteiger partial charge in [0.15, 0.2) is 0 Å². The molecule has 0 aliphatic heterocycles. The van der Waals surface area contributed by atoms with Gasteiger partial charge < -0.3 is 9.80 Å². The number of anilines is 2. The zero-order valence-corrected chi connectivity index (χ0v) is 14.0. The van der Waals surface area contributed by atoms with E-state index in [2.05, 4.69) is 63.8 Å². The second-order valence-electron chi connectivity index (χ2n) is 5.33. The van der Waals surface area contributed by atoms with Crippen molar-refractivity contribution in [3.63, 3.8) is 0 Å². The molecule has 5 nitrogen and oxygen atoms in total. The first kappa shape index (κ1) is 16.2. The molecule has 2 aromatic rings. The molecule has 2 heterocycles. The molecule has 0 unspecified atom stereocenters. The van der Waals surface area contributed by atoms with Gasteiger partial charge in [-0.25, -0.2) is 9.97 Å². The molecule has 0 saturated carbocycles. The van der Waals surface area contributed by atoms with Crippen LogP contribution in [0.3, 0.4) is 0 Å². The maximum atomic E-state index is 4.57. The minimum Gasteiger partial charge on any atom is -0.359 e. The van der Waals surface area contributed by atoms with E-state index in [1.807, 2.05) is 19.3 Å². The van der Waals surface area contributed by atoms with Crippen molar-refractivity contribution >= 4 is 11.6 Å². The van der Waals surface area contributed by atoms with Crippen molar-refractivity contribution < 1.29 is 0 Å². The van der Waals surface area contributed by atoms with E-state index >= 15 is 0 Å². The highest BCUT2D eigenvalue weighted by Gasteiger charge is 2.10. The van der Waals surface area contributed by atoms with Crippen LogP contribution in [0.2, 0.25) is 0 Å². The summed E-state index contributed by atoms with van der Waals surface area (Å²) in [6.07, 6.45) is 4.65. The summed E-state index contributed by atoms with van der Waals surface area (Å²) in [7, 11) is 2.08. The first-order chi connectivity index (χ1) is 10.6. The highest BCUT2D eigenvalue weighted by molar-refractivity contribution is 5.50. The molecule has 118 valence electrons. The average molecular weight is 299 g/mol. The van der Waals surface area contributed by atoms with E-state index in [0.717, 1.165) is 43.5 Å². The second kappa shape index (κ2) is 7.73. The molecular weight excluding hydrogens is 274 g/mol. The fraction of sp³-hybridized carbons (Fsp3) is 0.471. The number of aromatic nitrogens is 3. The topological polar surface area (TPSA) is 45.2 Å². The van der Waals surface area contributed by atoms with Gasteiger partial charge in [0, 0.05) is 45.1 Å². The SMILES string of the molecule is CCN(CC)c1cc(N(C)CCc2ccncc2)nc(C)n1. The summed E-state index contributed by atoms with van der Waals surface area (Å²) in [4.78, 5) is 17.6. The maximum absolute atomic E-state index is 4.57. The quantitative estimate of drug-likeness (QED) is 0.786. The van der Waals surface area contributed by atoms with Gasteiger partial charge >= 0.3 is 0 Å². The lowest BCUT2D eigenvalue weighted by atomic mass is 10.2. The molecule has 0 bridgehead atoms. The van der Waals surface area contributed by atoms with E-state index in [1.165, 1.54) is 5.56 Å². The van der Waals surface area contributed by atoms with E-state index < -0.39 is 0 Å². The molecule has 0 amide bonds. The molecule has 0 aliphatic rings. The highest BCUT2D eigenvalue weighted by Crippen LogP contribution is 2.18. The van der Waals surface area contributed by atoms with E-state index in [4.69, 9.17) is 0 Å². The Hall–Kier alpha value is -2.17. The van der Waals surface area contributed by atoms with Crippen molar-refractivity contribution in [1.82, 2.24) is 15.0 Å². The molecular formula is C17H25N5. The third-order valence-electron chi connectivity index (χ3n) is 3.77. The lowest BCUT2D eigenvalue weighted by molar-refractivity contribution is 0.815. The number of pyridine rings is 1. The number of rotatable bonds is 7. The van der Waals surface area contributed by atoms with Gasteiger partial charge in [-0.1, -0.05) is 0 Å². The molecule has 2 rings (SSSR count). The third kappa shape index (κ3) is 4.16. The minimum atomic E-state index is 0.815. The molecule has 0 saturated heterocycles. The Bertz CT molecular complexity index is 581. The monoisotopic (exact) mass is 299 g/mol. The van der Waals surface area contributed by atoms with Crippen LogP contribution in [0.1, 0.15) is 25.2 Å². The van der Waals surface area contributed by atoms with E-state index in [0.29, 0.717) is 0 Å². The maximum Gasteiger partial charge on any atom is 0.134 e. The van der Waals surface area contributed by atoms with Crippen LogP contribution in [0.15, 0.2) is 30.6 Å². The molecule has 0 radical (unpaired) electrons. The summed E-state index contributed by atoms with van der Waals surface area (Å²) >= 11 is 0. The van der Waals surface area contributed by atoms with Crippen LogP contribution in [0.4, 0.5) is 11.6 Å². The smallest absolute Gasteiger partial charge is 0.134 e.